The number of para-hydroxylation sites is 3. The van der Waals surface area contributed by atoms with Gasteiger partial charge in [-0.15, -0.1) is 11.3 Å². The van der Waals surface area contributed by atoms with Crippen molar-refractivity contribution in [2.75, 3.05) is 43.4 Å². The minimum atomic E-state index is -0.113. The van der Waals surface area contributed by atoms with Crippen LogP contribution >= 0.6 is 22.9 Å². The zero-order chi connectivity index (χ0) is 22.2. The highest BCUT2D eigenvalue weighted by Gasteiger charge is 2.21. The van der Waals surface area contributed by atoms with E-state index in [1.54, 1.807) is 0 Å². The number of fused-ring (bicyclic) bond motifs is 1. The van der Waals surface area contributed by atoms with Crippen LogP contribution in [0.1, 0.15) is 15.4 Å². The van der Waals surface area contributed by atoms with E-state index < -0.39 is 0 Å². The summed E-state index contributed by atoms with van der Waals surface area (Å²) in [6, 6.07) is 17.5. The van der Waals surface area contributed by atoms with Gasteiger partial charge in [0.05, 0.1) is 32.7 Å². The van der Waals surface area contributed by atoms with E-state index in [2.05, 4.69) is 33.3 Å². The van der Waals surface area contributed by atoms with E-state index in [9.17, 15) is 4.79 Å². The van der Waals surface area contributed by atoms with Gasteiger partial charge in [0.25, 0.3) is 5.91 Å². The number of nitrogens with one attached hydrogen (secondary N) is 1. The largest absolute Gasteiger partial charge is 0.367 e. The van der Waals surface area contributed by atoms with E-state index in [-0.39, 0.29) is 5.91 Å². The first kappa shape index (κ1) is 21.0. The van der Waals surface area contributed by atoms with Crippen LogP contribution in [-0.2, 0) is 0 Å². The van der Waals surface area contributed by atoms with Crippen molar-refractivity contribution < 1.29 is 4.79 Å². The quantitative estimate of drug-likeness (QED) is 0.458. The van der Waals surface area contributed by atoms with Gasteiger partial charge in [-0.25, -0.2) is 4.68 Å². The molecule has 8 heteroatoms. The van der Waals surface area contributed by atoms with Crippen molar-refractivity contribution in [1.82, 2.24) is 14.7 Å². The Morgan fingerprint density at radius 3 is 2.47 bits per heavy atom. The topological polar surface area (TPSA) is 53.4 Å². The fraction of sp³-hybridized carbons (Fsp3) is 0.250. The summed E-state index contributed by atoms with van der Waals surface area (Å²) in [6.45, 7) is 5.86. The Morgan fingerprint density at radius 2 is 1.72 bits per heavy atom. The number of hydrogen-bond acceptors (Lipinski definition) is 5. The molecule has 1 aliphatic heterocycles. The first-order valence-corrected chi connectivity index (χ1v) is 11.8. The van der Waals surface area contributed by atoms with Gasteiger partial charge in [0.1, 0.15) is 4.83 Å². The van der Waals surface area contributed by atoms with Crippen LogP contribution in [0.5, 0.6) is 0 Å². The molecular weight excluding hydrogens is 442 g/mol. The molecule has 32 heavy (non-hydrogen) atoms. The number of amides is 1. The second-order valence-electron chi connectivity index (χ2n) is 8.04. The molecule has 2 aromatic heterocycles. The molecule has 0 atom stereocenters. The van der Waals surface area contributed by atoms with Crippen LogP contribution in [0, 0.1) is 6.92 Å². The third kappa shape index (κ3) is 3.88. The number of halogens is 1. The summed E-state index contributed by atoms with van der Waals surface area (Å²) >= 11 is 7.83. The van der Waals surface area contributed by atoms with Crippen LogP contribution in [0.2, 0.25) is 5.02 Å². The van der Waals surface area contributed by atoms with Crippen molar-refractivity contribution in [3.8, 4) is 5.69 Å². The van der Waals surface area contributed by atoms with Gasteiger partial charge >= 0.3 is 0 Å². The van der Waals surface area contributed by atoms with Crippen LogP contribution in [0.15, 0.2) is 54.6 Å². The van der Waals surface area contributed by atoms with Crippen molar-refractivity contribution >= 4 is 50.4 Å². The molecule has 0 saturated carbocycles. The minimum absolute atomic E-state index is 0.113. The Morgan fingerprint density at radius 1 is 1.03 bits per heavy atom. The second-order valence-corrected chi connectivity index (χ2v) is 9.48. The Labute approximate surface area is 196 Å². The average molecular weight is 466 g/mol. The molecule has 5 rings (SSSR count). The highest BCUT2D eigenvalue weighted by molar-refractivity contribution is 7.20. The van der Waals surface area contributed by atoms with Gasteiger partial charge in [-0.05, 0) is 44.3 Å². The molecule has 0 unspecified atom stereocenters. The number of piperazine rings is 1. The van der Waals surface area contributed by atoms with Crippen LogP contribution in [0.25, 0.3) is 15.9 Å². The predicted molar refractivity (Wildman–Crippen MR) is 133 cm³/mol. The number of carbonyl (C=O) groups is 1. The van der Waals surface area contributed by atoms with E-state index in [0.717, 1.165) is 59.2 Å². The molecule has 0 radical (unpaired) electrons. The minimum Gasteiger partial charge on any atom is -0.367 e. The summed E-state index contributed by atoms with van der Waals surface area (Å²) in [6.07, 6.45) is 0. The van der Waals surface area contributed by atoms with Crippen molar-refractivity contribution in [3.63, 3.8) is 0 Å². The van der Waals surface area contributed by atoms with Gasteiger partial charge in [-0.2, -0.15) is 5.10 Å². The predicted octanol–water partition coefficient (Wildman–Crippen LogP) is 5.05. The molecule has 3 heterocycles. The number of aromatic nitrogens is 2. The van der Waals surface area contributed by atoms with E-state index in [1.807, 2.05) is 60.1 Å². The molecule has 1 N–H and O–H groups in total. The number of thiophene rings is 1. The molecule has 0 spiro atoms. The summed E-state index contributed by atoms with van der Waals surface area (Å²) in [5, 5.41) is 9.37. The monoisotopic (exact) mass is 465 g/mol. The lowest BCUT2D eigenvalue weighted by Crippen LogP contribution is -2.44. The molecule has 4 aromatic rings. The summed E-state index contributed by atoms with van der Waals surface area (Å²) in [5.41, 5.74) is 3.58. The molecule has 1 aliphatic rings. The van der Waals surface area contributed by atoms with E-state index >= 15 is 0 Å². The number of rotatable bonds is 4. The molecule has 164 valence electrons. The molecule has 1 saturated heterocycles. The maximum atomic E-state index is 13.2. The van der Waals surface area contributed by atoms with Gasteiger partial charge in [-0.3, -0.25) is 4.79 Å². The van der Waals surface area contributed by atoms with E-state index in [0.29, 0.717) is 9.90 Å². The van der Waals surface area contributed by atoms with Crippen molar-refractivity contribution in [3.05, 3.63) is 70.2 Å². The molecule has 1 amide bonds. The number of anilines is 2. The van der Waals surface area contributed by atoms with Gasteiger partial charge in [-0.1, -0.05) is 35.9 Å². The van der Waals surface area contributed by atoms with Crippen LogP contribution < -0.4 is 10.2 Å². The molecular formula is C24H24ClN5OS. The number of benzene rings is 2. The van der Waals surface area contributed by atoms with Gasteiger partial charge in [0.2, 0.25) is 0 Å². The number of likely N-dealkylation sites (N-methyl/N-ethyl adjacent to an activating group) is 1. The second kappa shape index (κ2) is 8.58. The lowest BCUT2D eigenvalue weighted by molar-refractivity contribution is 0.103. The Balaban J connectivity index is 1.45. The molecule has 2 aromatic carbocycles. The van der Waals surface area contributed by atoms with Gasteiger partial charge < -0.3 is 15.1 Å². The Hall–Kier alpha value is -2.87. The zero-order valence-electron chi connectivity index (χ0n) is 18.0. The van der Waals surface area contributed by atoms with Crippen molar-refractivity contribution in [2.45, 2.75) is 6.92 Å². The van der Waals surface area contributed by atoms with Crippen LogP contribution in [0.3, 0.4) is 0 Å². The lowest BCUT2D eigenvalue weighted by atomic mass is 10.2. The third-order valence-corrected chi connectivity index (χ3v) is 7.27. The van der Waals surface area contributed by atoms with Gasteiger partial charge in [0.15, 0.2) is 0 Å². The highest BCUT2D eigenvalue weighted by Crippen LogP contribution is 2.33. The summed E-state index contributed by atoms with van der Waals surface area (Å²) in [5.74, 6) is -0.113. The number of aryl methyl sites for hydroxylation is 1. The number of nitrogens with zero attached hydrogens (tertiary/aromatic N) is 4. The number of carbonyl (C=O) groups excluding carboxylic acids is 1. The summed E-state index contributed by atoms with van der Waals surface area (Å²) in [4.78, 5) is 19.4. The molecule has 1 fully saturated rings. The average Bonchev–Trinajstić information content (AvgIpc) is 3.36. The number of hydrogen-bond donors (Lipinski definition) is 1. The van der Waals surface area contributed by atoms with Gasteiger partial charge in [0, 0.05) is 31.6 Å². The summed E-state index contributed by atoms with van der Waals surface area (Å²) < 4.78 is 1.83. The van der Waals surface area contributed by atoms with Crippen molar-refractivity contribution in [2.24, 2.45) is 0 Å². The van der Waals surface area contributed by atoms with E-state index in [1.165, 1.54) is 11.3 Å². The smallest absolute Gasteiger partial charge is 0.265 e. The third-order valence-electron chi connectivity index (χ3n) is 5.85. The standard InChI is InChI=1S/C24H24ClN5OS/c1-16-17-15-22(32-24(17)30(27-16)20-9-5-3-7-18(20)25)23(31)26-19-8-4-6-10-21(19)29-13-11-28(2)12-14-29/h3-10,15H,11-14H2,1-2H3,(H,26,31). The normalized spacial score (nSPS) is 14.8. The van der Waals surface area contributed by atoms with E-state index in [4.69, 9.17) is 11.6 Å². The van der Waals surface area contributed by atoms with Crippen LogP contribution in [0.4, 0.5) is 11.4 Å². The maximum absolute atomic E-state index is 13.2. The van der Waals surface area contributed by atoms with Crippen molar-refractivity contribution in [1.29, 1.82) is 0 Å². The Kier molecular flexibility index (Phi) is 5.63. The van der Waals surface area contributed by atoms with Crippen LogP contribution in [-0.4, -0.2) is 53.8 Å². The highest BCUT2D eigenvalue weighted by atomic mass is 35.5. The zero-order valence-corrected chi connectivity index (χ0v) is 19.6. The fourth-order valence-corrected chi connectivity index (χ4v) is 5.32. The SMILES string of the molecule is Cc1nn(-c2ccccc2Cl)c2sc(C(=O)Nc3ccccc3N3CCN(C)CC3)cc12. The molecule has 0 bridgehead atoms. The fourth-order valence-electron chi connectivity index (χ4n) is 4.03. The molecule has 6 nitrogen and oxygen atoms in total. The first-order chi connectivity index (χ1) is 15.5. The lowest BCUT2D eigenvalue weighted by Gasteiger charge is -2.35. The first-order valence-electron chi connectivity index (χ1n) is 10.6. The summed E-state index contributed by atoms with van der Waals surface area (Å²) in [7, 11) is 2.14. The molecule has 0 aliphatic carbocycles. The Bertz CT molecular complexity index is 1290. The maximum Gasteiger partial charge on any atom is 0.265 e.